The molecule has 0 unspecified atom stereocenters. The SMILES string of the molecule is N/N=C(\N)CSc1ccc(Cl)cc1. The molecule has 0 saturated heterocycles. The number of halogens is 1. The second-order valence-electron chi connectivity index (χ2n) is 2.36. The van der Waals surface area contributed by atoms with Crippen LogP contribution in [0.15, 0.2) is 34.3 Å². The van der Waals surface area contributed by atoms with Gasteiger partial charge in [0.1, 0.15) is 5.84 Å². The summed E-state index contributed by atoms with van der Waals surface area (Å²) < 4.78 is 0. The van der Waals surface area contributed by atoms with Crippen molar-refractivity contribution in [2.75, 3.05) is 5.75 Å². The zero-order valence-electron chi connectivity index (χ0n) is 6.90. The van der Waals surface area contributed by atoms with E-state index in [4.69, 9.17) is 23.2 Å². The maximum Gasteiger partial charge on any atom is 0.129 e. The Kier molecular flexibility index (Phi) is 3.92. The molecule has 0 aliphatic carbocycles. The summed E-state index contributed by atoms with van der Waals surface area (Å²) in [5, 5.41) is 4.10. The van der Waals surface area contributed by atoms with Crippen molar-refractivity contribution in [2.24, 2.45) is 16.7 Å². The summed E-state index contributed by atoms with van der Waals surface area (Å²) in [4.78, 5) is 1.09. The number of hydrogen-bond donors (Lipinski definition) is 2. The zero-order chi connectivity index (χ0) is 9.68. The minimum atomic E-state index is 0.431. The molecule has 1 rings (SSSR count). The summed E-state index contributed by atoms with van der Waals surface area (Å²) in [6.45, 7) is 0. The molecular weight excluding hydrogens is 206 g/mol. The van der Waals surface area contributed by atoms with Crippen molar-refractivity contribution in [3.8, 4) is 0 Å². The van der Waals surface area contributed by atoms with Gasteiger partial charge in [-0.2, -0.15) is 5.10 Å². The van der Waals surface area contributed by atoms with Gasteiger partial charge >= 0.3 is 0 Å². The van der Waals surface area contributed by atoms with Crippen LogP contribution >= 0.6 is 23.4 Å². The van der Waals surface area contributed by atoms with E-state index in [1.54, 1.807) is 11.8 Å². The molecule has 1 aromatic carbocycles. The number of nitrogens with zero attached hydrogens (tertiary/aromatic N) is 1. The number of nitrogens with two attached hydrogens (primary N) is 2. The van der Waals surface area contributed by atoms with E-state index in [1.807, 2.05) is 24.3 Å². The van der Waals surface area contributed by atoms with Crippen LogP contribution in [0.1, 0.15) is 0 Å². The number of hydrazone groups is 1. The van der Waals surface area contributed by atoms with E-state index < -0.39 is 0 Å². The molecule has 0 aliphatic heterocycles. The number of amidine groups is 1. The zero-order valence-corrected chi connectivity index (χ0v) is 8.48. The van der Waals surface area contributed by atoms with Crippen molar-refractivity contribution < 1.29 is 0 Å². The molecule has 13 heavy (non-hydrogen) atoms. The molecule has 0 radical (unpaired) electrons. The molecule has 0 aromatic heterocycles. The van der Waals surface area contributed by atoms with Crippen LogP contribution in [-0.2, 0) is 0 Å². The van der Waals surface area contributed by atoms with Gasteiger partial charge in [0.25, 0.3) is 0 Å². The molecule has 3 nitrogen and oxygen atoms in total. The number of hydrogen-bond acceptors (Lipinski definition) is 3. The summed E-state index contributed by atoms with van der Waals surface area (Å²) >= 11 is 7.29. The van der Waals surface area contributed by atoms with Crippen LogP contribution in [0.4, 0.5) is 0 Å². The highest BCUT2D eigenvalue weighted by atomic mass is 35.5. The molecule has 5 heteroatoms. The summed E-state index contributed by atoms with van der Waals surface area (Å²) in [6, 6.07) is 7.52. The Labute approximate surface area is 86.1 Å². The standard InChI is InChI=1S/C8H10ClN3S/c9-6-1-3-7(4-2-6)13-5-8(10)12-11/h1-4H,5,11H2,(H2,10,12). The second kappa shape index (κ2) is 4.99. The van der Waals surface area contributed by atoms with Gasteiger partial charge in [-0.25, -0.2) is 0 Å². The van der Waals surface area contributed by atoms with Crippen molar-refractivity contribution >= 4 is 29.2 Å². The molecule has 0 fully saturated rings. The summed E-state index contributed by atoms with van der Waals surface area (Å²) in [5.74, 6) is 6.01. The number of benzene rings is 1. The van der Waals surface area contributed by atoms with E-state index in [-0.39, 0.29) is 0 Å². The minimum absolute atomic E-state index is 0.431. The Morgan fingerprint density at radius 3 is 2.54 bits per heavy atom. The van der Waals surface area contributed by atoms with Crippen molar-refractivity contribution in [3.05, 3.63) is 29.3 Å². The van der Waals surface area contributed by atoms with E-state index >= 15 is 0 Å². The van der Waals surface area contributed by atoms with Gasteiger partial charge in [0, 0.05) is 9.92 Å². The summed E-state index contributed by atoms with van der Waals surface area (Å²) in [6.07, 6.45) is 0. The van der Waals surface area contributed by atoms with Crippen LogP contribution in [0.3, 0.4) is 0 Å². The fourth-order valence-corrected chi connectivity index (χ4v) is 1.57. The highest BCUT2D eigenvalue weighted by Crippen LogP contribution is 2.19. The van der Waals surface area contributed by atoms with Crippen molar-refractivity contribution in [1.82, 2.24) is 0 Å². The largest absolute Gasteiger partial charge is 0.385 e. The van der Waals surface area contributed by atoms with E-state index in [0.717, 1.165) is 9.92 Å². The molecule has 0 saturated carbocycles. The van der Waals surface area contributed by atoms with E-state index in [9.17, 15) is 0 Å². The molecule has 0 atom stereocenters. The average Bonchev–Trinajstić information content (AvgIpc) is 2.16. The van der Waals surface area contributed by atoms with Gasteiger partial charge in [0.2, 0.25) is 0 Å². The molecule has 4 N–H and O–H groups in total. The summed E-state index contributed by atoms with van der Waals surface area (Å²) in [7, 11) is 0. The molecular formula is C8H10ClN3S. The molecule has 0 aliphatic rings. The molecule has 70 valence electrons. The van der Waals surface area contributed by atoms with E-state index in [1.165, 1.54) is 0 Å². The maximum atomic E-state index is 5.72. The number of thioether (sulfide) groups is 1. The van der Waals surface area contributed by atoms with E-state index in [0.29, 0.717) is 11.6 Å². The Hall–Kier alpha value is -0.870. The van der Waals surface area contributed by atoms with Crippen LogP contribution in [0.2, 0.25) is 5.02 Å². The highest BCUT2D eigenvalue weighted by Gasteiger charge is 1.96. The van der Waals surface area contributed by atoms with Gasteiger partial charge in [0.05, 0.1) is 5.75 Å². The molecule has 0 heterocycles. The third kappa shape index (κ3) is 3.57. The maximum absolute atomic E-state index is 5.72. The molecule has 0 bridgehead atoms. The predicted octanol–water partition coefficient (Wildman–Crippen LogP) is 1.66. The third-order valence-electron chi connectivity index (χ3n) is 1.37. The van der Waals surface area contributed by atoms with Gasteiger partial charge in [-0.05, 0) is 24.3 Å². The Bertz CT molecular complexity index is 297. The van der Waals surface area contributed by atoms with Gasteiger partial charge in [-0.3, -0.25) is 0 Å². The van der Waals surface area contributed by atoms with Crippen LogP contribution in [0.5, 0.6) is 0 Å². The highest BCUT2D eigenvalue weighted by molar-refractivity contribution is 8.00. The van der Waals surface area contributed by atoms with Gasteiger partial charge in [0.15, 0.2) is 0 Å². The van der Waals surface area contributed by atoms with Gasteiger partial charge < -0.3 is 11.6 Å². The molecule has 0 spiro atoms. The van der Waals surface area contributed by atoms with Crippen LogP contribution < -0.4 is 11.6 Å². The fraction of sp³-hybridized carbons (Fsp3) is 0.125. The molecule has 0 amide bonds. The Balaban J connectivity index is 2.51. The first-order valence-electron chi connectivity index (χ1n) is 3.63. The lowest BCUT2D eigenvalue weighted by atomic mass is 10.4. The van der Waals surface area contributed by atoms with Crippen molar-refractivity contribution in [3.63, 3.8) is 0 Å². The van der Waals surface area contributed by atoms with Crippen molar-refractivity contribution in [2.45, 2.75) is 4.90 Å². The monoisotopic (exact) mass is 215 g/mol. The topological polar surface area (TPSA) is 64.4 Å². The van der Waals surface area contributed by atoms with Crippen LogP contribution in [0, 0.1) is 0 Å². The molecule has 1 aromatic rings. The lowest BCUT2D eigenvalue weighted by molar-refractivity contribution is 1.22. The summed E-state index contributed by atoms with van der Waals surface area (Å²) in [5.41, 5.74) is 5.43. The number of rotatable bonds is 3. The van der Waals surface area contributed by atoms with Crippen LogP contribution in [-0.4, -0.2) is 11.6 Å². The lowest BCUT2D eigenvalue weighted by Gasteiger charge is -1.99. The minimum Gasteiger partial charge on any atom is -0.385 e. The second-order valence-corrected chi connectivity index (χ2v) is 3.85. The fourth-order valence-electron chi connectivity index (χ4n) is 0.725. The van der Waals surface area contributed by atoms with Crippen LogP contribution in [0.25, 0.3) is 0 Å². The van der Waals surface area contributed by atoms with E-state index in [2.05, 4.69) is 5.10 Å². The normalized spacial score (nSPS) is 11.6. The first kappa shape index (κ1) is 10.2. The quantitative estimate of drug-likeness (QED) is 0.265. The Morgan fingerprint density at radius 1 is 1.38 bits per heavy atom. The van der Waals surface area contributed by atoms with Gasteiger partial charge in [-0.1, -0.05) is 11.6 Å². The third-order valence-corrected chi connectivity index (χ3v) is 2.66. The first-order chi connectivity index (χ1) is 6.22. The van der Waals surface area contributed by atoms with Gasteiger partial charge in [-0.15, -0.1) is 11.8 Å². The smallest absolute Gasteiger partial charge is 0.129 e. The first-order valence-corrected chi connectivity index (χ1v) is 4.99. The lowest BCUT2D eigenvalue weighted by Crippen LogP contribution is -2.16. The Morgan fingerprint density at radius 2 is 2.00 bits per heavy atom. The average molecular weight is 216 g/mol. The van der Waals surface area contributed by atoms with Crippen molar-refractivity contribution in [1.29, 1.82) is 0 Å². The predicted molar refractivity (Wildman–Crippen MR) is 58.0 cm³/mol.